The zero-order chi connectivity index (χ0) is 19.5. The summed E-state index contributed by atoms with van der Waals surface area (Å²) in [6.45, 7) is 0.429. The van der Waals surface area contributed by atoms with E-state index in [0.29, 0.717) is 24.0 Å². The van der Waals surface area contributed by atoms with E-state index in [1.807, 2.05) is 49.3 Å². The van der Waals surface area contributed by atoms with Crippen molar-refractivity contribution in [3.63, 3.8) is 0 Å². The van der Waals surface area contributed by atoms with Crippen LogP contribution in [-0.2, 0) is 6.54 Å². The van der Waals surface area contributed by atoms with Gasteiger partial charge in [0.15, 0.2) is 5.82 Å². The van der Waals surface area contributed by atoms with E-state index >= 15 is 0 Å². The van der Waals surface area contributed by atoms with Crippen LogP contribution in [0.3, 0.4) is 0 Å². The van der Waals surface area contributed by atoms with Crippen molar-refractivity contribution in [2.24, 2.45) is 4.99 Å². The highest BCUT2D eigenvalue weighted by atomic mass is 16.1. The number of aromatic nitrogens is 4. The summed E-state index contributed by atoms with van der Waals surface area (Å²) < 4.78 is 1.53. The van der Waals surface area contributed by atoms with E-state index in [2.05, 4.69) is 20.1 Å². The Bertz CT molecular complexity index is 1050. The van der Waals surface area contributed by atoms with Gasteiger partial charge in [0.2, 0.25) is 0 Å². The SMILES string of the molecule is CN(C)/C=N/c1cnc(-c2cccc(Cn3nc(C4CC4)ccc3=O)c2)nc1. The molecule has 0 aliphatic heterocycles. The Morgan fingerprint density at radius 2 is 1.96 bits per heavy atom. The van der Waals surface area contributed by atoms with Gasteiger partial charge >= 0.3 is 0 Å². The van der Waals surface area contributed by atoms with Crippen LogP contribution in [0.25, 0.3) is 11.4 Å². The van der Waals surface area contributed by atoms with Crippen molar-refractivity contribution in [2.45, 2.75) is 25.3 Å². The van der Waals surface area contributed by atoms with E-state index in [1.54, 1.807) is 24.8 Å². The van der Waals surface area contributed by atoms with Crippen molar-refractivity contribution < 1.29 is 0 Å². The highest BCUT2D eigenvalue weighted by Gasteiger charge is 2.25. The van der Waals surface area contributed by atoms with Crippen molar-refractivity contribution in [1.82, 2.24) is 24.6 Å². The van der Waals surface area contributed by atoms with Gasteiger partial charge in [-0.3, -0.25) is 4.79 Å². The maximum atomic E-state index is 12.2. The third kappa shape index (κ3) is 4.31. The minimum absolute atomic E-state index is 0.0887. The van der Waals surface area contributed by atoms with Gasteiger partial charge in [0, 0.05) is 31.6 Å². The Morgan fingerprint density at radius 3 is 2.68 bits per heavy atom. The van der Waals surface area contributed by atoms with E-state index < -0.39 is 0 Å². The zero-order valence-electron chi connectivity index (χ0n) is 16.0. The van der Waals surface area contributed by atoms with E-state index in [0.717, 1.165) is 29.7 Å². The Kier molecular flexibility index (Phi) is 4.97. The fourth-order valence-electron chi connectivity index (χ4n) is 2.88. The van der Waals surface area contributed by atoms with Gasteiger partial charge in [0.1, 0.15) is 5.69 Å². The molecule has 1 fully saturated rings. The summed E-state index contributed by atoms with van der Waals surface area (Å²) in [5, 5.41) is 4.53. The minimum Gasteiger partial charge on any atom is -0.369 e. The molecule has 142 valence electrons. The van der Waals surface area contributed by atoms with Gasteiger partial charge in [-0.15, -0.1) is 0 Å². The van der Waals surface area contributed by atoms with E-state index in [-0.39, 0.29) is 5.56 Å². The molecule has 0 radical (unpaired) electrons. The van der Waals surface area contributed by atoms with Crippen LogP contribution in [-0.4, -0.2) is 45.1 Å². The number of aliphatic imine (C=N–C) groups is 1. The first-order chi connectivity index (χ1) is 13.6. The molecule has 1 aromatic carbocycles. The molecule has 0 amide bonds. The molecule has 0 N–H and O–H groups in total. The summed E-state index contributed by atoms with van der Waals surface area (Å²) >= 11 is 0. The molecule has 1 saturated carbocycles. The first-order valence-corrected chi connectivity index (χ1v) is 9.28. The molecule has 7 heteroatoms. The van der Waals surface area contributed by atoms with Crippen molar-refractivity contribution in [3.8, 4) is 11.4 Å². The van der Waals surface area contributed by atoms with Gasteiger partial charge in [-0.25, -0.2) is 19.6 Å². The van der Waals surface area contributed by atoms with Crippen LogP contribution in [0.2, 0.25) is 0 Å². The lowest BCUT2D eigenvalue weighted by atomic mass is 10.1. The first kappa shape index (κ1) is 18.0. The predicted molar refractivity (Wildman–Crippen MR) is 109 cm³/mol. The number of benzene rings is 1. The Morgan fingerprint density at radius 1 is 1.18 bits per heavy atom. The third-order valence-corrected chi connectivity index (χ3v) is 4.48. The van der Waals surface area contributed by atoms with Crippen LogP contribution >= 0.6 is 0 Å². The predicted octanol–water partition coefficient (Wildman–Crippen LogP) is 2.85. The molecule has 3 aromatic rings. The van der Waals surface area contributed by atoms with Crippen LogP contribution in [0.5, 0.6) is 0 Å². The fourth-order valence-corrected chi connectivity index (χ4v) is 2.88. The number of nitrogens with zero attached hydrogens (tertiary/aromatic N) is 6. The van der Waals surface area contributed by atoms with Crippen LogP contribution in [0, 0.1) is 0 Å². The van der Waals surface area contributed by atoms with E-state index in [4.69, 9.17) is 0 Å². The Balaban J connectivity index is 1.55. The number of rotatable bonds is 6. The van der Waals surface area contributed by atoms with Crippen LogP contribution < -0.4 is 5.56 Å². The lowest BCUT2D eigenvalue weighted by Crippen LogP contribution is -2.23. The summed E-state index contributed by atoms with van der Waals surface area (Å²) in [6.07, 6.45) is 7.42. The monoisotopic (exact) mass is 374 g/mol. The van der Waals surface area contributed by atoms with Gasteiger partial charge in [-0.1, -0.05) is 18.2 Å². The zero-order valence-corrected chi connectivity index (χ0v) is 16.0. The van der Waals surface area contributed by atoms with Gasteiger partial charge < -0.3 is 4.90 Å². The van der Waals surface area contributed by atoms with Gasteiger partial charge in [0.05, 0.1) is 31.0 Å². The highest BCUT2D eigenvalue weighted by molar-refractivity contribution is 5.61. The van der Waals surface area contributed by atoms with Gasteiger partial charge in [-0.2, -0.15) is 5.10 Å². The first-order valence-electron chi connectivity index (χ1n) is 9.28. The second-order valence-corrected chi connectivity index (χ2v) is 7.20. The van der Waals surface area contributed by atoms with Crippen LogP contribution in [0.1, 0.15) is 30.0 Å². The molecule has 1 aliphatic carbocycles. The molecule has 0 unspecified atom stereocenters. The molecule has 7 nitrogen and oxygen atoms in total. The largest absolute Gasteiger partial charge is 0.369 e. The second kappa shape index (κ2) is 7.72. The molecule has 0 atom stereocenters. The Hall–Kier alpha value is -3.35. The summed E-state index contributed by atoms with van der Waals surface area (Å²) in [6, 6.07) is 11.3. The lowest BCUT2D eigenvalue weighted by Gasteiger charge is -2.08. The highest BCUT2D eigenvalue weighted by Crippen LogP contribution is 2.38. The summed E-state index contributed by atoms with van der Waals surface area (Å²) in [7, 11) is 3.81. The van der Waals surface area contributed by atoms with E-state index in [1.165, 1.54) is 4.68 Å². The van der Waals surface area contributed by atoms with E-state index in [9.17, 15) is 4.79 Å². The molecular formula is C21H22N6O. The van der Waals surface area contributed by atoms with Gasteiger partial charge in [-0.05, 0) is 30.5 Å². The second-order valence-electron chi connectivity index (χ2n) is 7.20. The molecule has 0 saturated heterocycles. The third-order valence-electron chi connectivity index (χ3n) is 4.48. The molecule has 0 spiro atoms. The standard InChI is InChI=1S/C21H22N6O/c1-26(2)14-24-18-11-22-21(23-12-18)17-5-3-4-15(10-17)13-27-20(28)9-8-19(25-27)16-6-7-16/h3-5,8-12,14,16H,6-7,13H2,1-2H3/b24-14+. The number of hydrogen-bond donors (Lipinski definition) is 0. The van der Waals surface area contributed by atoms with Crippen molar-refractivity contribution in [1.29, 1.82) is 0 Å². The average molecular weight is 374 g/mol. The van der Waals surface area contributed by atoms with Gasteiger partial charge in [0.25, 0.3) is 5.56 Å². The summed E-state index contributed by atoms with van der Waals surface area (Å²) in [4.78, 5) is 27.1. The molecule has 28 heavy (non-hydrogen) atoms. The molecule has 4 rings (SSSR count). The van der Waals surface area contributed by atoms with Crippen LogP contribution in [0.4, 0.5) is 5.69 Å². The molecule has 0 bridgehead atoms. The Labute approximate surface area is 163 Å². The smallest absolute Gasteiger partial charge is 0.267 e. The van der Waals surface area contributed by atoms with Crippen molar-refractivity contribution in [2.75, 3.05) is 14.1 Å². The maximum Gasteiger partial charge on any atom is 0.267 e. The van der Waals surface area contributed by atoms with Crippen molar-refractivity contribution in [3.05, 3.63) is 70.4 Å². The average Bonchev–Trinajstić information content (AvgIpc) is 3.54. The molecule has 1 aliphatic rings. The van der Waals surface area contributed by atoms with Crippen molar-refractivity contribution >= 4 is 12.0 Å². The summed E-state index contributed by atoms with van der Waals surface area (Å²) in [5.41, 5.74) is 3.49. The molecular weight excluding hydrogens is 352 g/mol. The summed E-state index contributed by atoms with van der Waals surface area (Å²) in [5.74, 6) is 1.14. The normalized spacial score (nSPS) is 13.8. The minimum atomic E-state index is -0.0887. The maximum absolute atomic E-state index is 12.2. The quantitative estimate of drug-likeness (QED) is 0.490. The molecule has 2 heterocycles. The lowest BCUT2D eigenvalue weighted by molar-refractivity contribution is 0.619. The fraction of sp³-hybridized carbons (Fsp3) is 0.286. The topological polar surface area (TPSA) is 76.3 Å². The molecule has 2 aromatic heterocycles. The number of hydrogen-bond acceptors (Lipinski definition) is 5. The van der Waals surface area contributed by atoms with Crippen LogP contribution in [0.15, 0.2) is 58.6 Å².